The number of guanidine groups is 1. The first kappa shape index (κ1) is 22.7. The van der Waals surface area contributed by atoms with Gasteiger partial charge in [-0.3, -0.25) is 14.9 Å². The fourth-order valence-corrected chi connectivity index (χ4v) is 3.77. The minimum absolute atomic E-state index is 0.0476. The molecule has 0 unspecified atom stereocenters. The molecule has 1 aromatic rings. The first-order valence-electron chi connectivity index (χ1n) is 10.7. The van der Waals surface area contributed by atoms with E-state index in [9.17, 15) is 14.9 Å². The third-order valence-corrected chi connectivity index (χ3v) is 5.57. The van der Waals surface area contributed by atoms with Crippen molar-refractivity contribution in [2.75, 3.05) is 45.9 Å². The second-order valence-electron chi connectivity index (χ2n) is 8.07. The van der Waals surface area contributed by atoms with Gasteiger partial charge in [0.25, 0.3) is 5.69 Å². The predicted octanol–water partition coefficient (Wildman–Crippen LogP) is 2.19. The number of nitrogens with zero attached hydrogens (tertiary/aromatic N) is 4. The lowest BCUT2D eigenvalue weighted by atomic mass is 9.95. The summed E-state index contributed by atoms with van der Waals surface area (Å²) in [6, 6.07) is 6.44. The molecule has 2 fully saturated rings. The number of amides is 1. The number of non-ortho nitro benzene ring substituents is 1. The van der Waals surface area contributed by atoms with E-state index in [0.29, 0.717) is 39.4 Å². The lowest BCUT2D eigenvalue weighted by Crippen LogP contribution is -2.50. The number of nitro groups is 1. The predicted molar refractivity (Wildman–Crippen MR) is 119 cm³/mol. The molecule has 2 heterocycles. The number of carbonyl (C=O) groups is 1. The van der Waals surface area contributed by atoms with Crippen LogP contribution in [-0.2, 0) is 16.1 Å². The van der Waals surface area contributed by atoms with Gasteiger partial charge < -0.3 is 19.9 Å². The van der Waals surface area contributed by atoms with Crippen LogP contribution in [0.4, 0.5) is 5.69 Å². The number of aliphatic imine (C=N–C) groups is 1. The Hall–Kier alpha value is -2.94. The molecule has 1 amide bonds. The molecular formula is C22H31N5O4. The topological polar surface area (TPSA) is 100 Å². The zero-order valence-electron chi connectivity index (χ0n) is 18.1. The van der Waals surface area contributed by atoms with Crippen molar-refractivity contribution in [2.24, 2.45) is 10.9 Å². The summed E-state index contributed by atoms with van der Waals surface area (Å²) in [5.74, 6) is 1.06. The van der Waals surface area contributed by atoms with Crippen molar-refractivity contribution >= 4 is 17.6 Å². The number of rotatable bonds is 6. The summed E-state index contributed by atoms with van der Waals surface area (Å²) in [4.78, 5) is 32.0. The van der Waals surface area contributed by atoms with Gasteiger partial charge in [0.05, 0.1) is 24.7 Å². The highest BCUT2D eigenvalue weighted by Crippen LogP contribution is 2.21. The van der Waals surface area contributed by atoms with Crippen LogP contribution >= 0.6 is 0 Å². The number of morpholine rings is 1. The fourth-order valence-electron chi connectivity index (χ4n) is 3.77. The molecule has 168 valence electrons. The Labute approximate surface area is 182 Å². The second kappa shape index (κ2) is 10.9. The molecule has 1 aromatic carbocycles. The number of likely N-dealkylation sites (tertiary alicyclic amines) is 1. The van der Waals surface area contributed by atoms with E-state index < -0.39 is 4.92 Å². The lowest BCUT2D eigenvalue weighted by molar-refractivity contribution is -0.384. The van der Waals surface area contributed by atoms with Gasteiger partial charge in [-0.25, -0.2) is 4.99 Å². The van der Waals surface area contributed by atoms with Gasteiger partial charge >= 0.3 is 0 Å². The van der Waals surface area contributed by atoms with Crippen LogP contribution in [0.3, 0.4) is 0 Å². The van der Waals surface area contributed by atoms with Gasteiger partial charge in [-0.05, 0) is 25.3 Å². The molecule has 0 radical (unpaired) electrons. The number of nitro benzene ring substituents is 1. The van der Waals surface area contributed by atoms with Gasteiger partial charge in [-0.15, -0.1) is 0 Å². The van der Waals surface area contributed by atoms with E-state index in [1.54, 1.807) is 12.1 Å². The van der Waals surface area contributed by atoms with E-state index >= 15 is 0 Å². The van der Waals surface area contributed by atoms with Crippen molar-refractivity contribution in [2.45, 2.75) is 26.3 Å². The van der Waals surface area contributed by atoms with Crippen molar-refractivity contribution in [1.29, 1.82) is 0 Å². The molecule has 31 heavy (non-hydrogen) atoms. The molecule has 1 N–H and O–H groups in total. The summed E-state index contributed by atoms with van der Waals surface area (Å²) < 4.78 is 5.35. The van der Waals surface area contributed by atoms with Crippen molar-refractivity contribution in [3.63, 3.8) is 0 Å². The molecule has 0 aromatic heterocycles. The van der Waals surface area contributed by atoms with E-state index in [2.05, 4.69) is 16.8 Å². The molecule has 0 saturated carbocycles. The quantitative estimate of drug-likeness (QED) is 0.245. The largest absolute Gasteiger partial charge is 0.378 e. The van der Waals surface area contributed by atoms with Crippen LogP contribution in [0.1, 0.15) is 25.3 Å². The summed E-state index contributed by atoms with van der Waals surface area (Å²) in [5.41, 5.74) is 1.97. The summed E-state index contributed by atoms with van der Waals surface area (Å²) >= 11 is 0. The third kappa shape index (κ3) is 6.52. The smallest absolute Gasteiger partial charge is 0.269 e. The Bertz CT molecular complexity index is 810. The molecule has 0 bridgehead atoms. The number of piperidine rings is 1. The van der Waals surface area contributed by atoms with Gasteiger partial charge in [-0.2, -0.15) is 0 Å². The molecule has 2 aliphatic heterocycles. The van der Waals surface area contributed by atoms with Crippen LogP contribution in [0.25, 0.3) is 0 Å². The van der Waals surface area contributed by atoms with E-state index in [4.69, 9.17) is 9.73 Å². The molecule has 3 rings (SSSR count). The zero-order valence-corrected chi connectivity index (χ0v) is 18.1. The first-order valence-corrected chi connectivity index (χ1v) is 10.7. The van der Waals surface area contributed by atoms with Crippen LogP contribution in [0.2, 0.25) is 0 Å². The number of hydrogen-bond acceptors (Lipinski definition) is 5. The SMILES string of the molecule is C=C(C)CNC(=NCc1ccc([N+](=O)[O-])cc1)N1CCC(C(=O)N2CCOCC2)CC1. The van der Waals surface area contributed by atoms with Crippen molar-refractivity contribution in [1.82, 2.24) is 15.1 Å². The highest BCUT2D eigenvalue weighted by atomic mass is 16.6. The molecule has 9 nitrogen and oxygen atoms in total. The number of benzene rings is 1. The Morgan fingerprint density at radius 2 is 1.84 bits per heavy atom. The molecule has 2 aliphatic rings. The average Bonchev–Trinajstić information content (AvgIpc) is 2.79. The Balaban J connectivity index is 1.60. The summed E-state index contributed by atoms with van der Waals surface area (Å²) in [5, 5.41) is 14.2. The van der Waals surface area contributed by atoms with Crippen molar-refractivity contribution in [3.8, 4) is 0 Å². The molecule has 9 heteroatoms. The Morgan fingerprint density at radius 3 is 2.42 bits per heavy atom. The molecule has 2 saturated heterocycles. The highest BCUT2D eigenvalue weighted by Gasteiger charge is 2.30. The number of ether oxygens (including phenoxy) is 1. The Morgan fingerprint density at radius 1 is 1.19 bits per heavy atom. The van der Waals surface area contributed by atoms with E-state index in [-0.39, 0.29) is 17.5 Å². The summed E-state index contributed by atoms with van der Waals surface area (Å²) in [6.07, 6.45) is 1.59. The maximum Gasteiger partial charge on any atom is 0.269 e. The maximum atomic E-state index is 12.8. The molecule has 0 spiro atoms. The standard InChI is InChI=1S/C22H31N5O4/c1-17(2)15-23-22(24-16-18-3-5-20(6-4-18)27(29)30)26-9-7-19(8-10-26)21(28)25-11-13-31-14-12-25/h3-6,19H,1,7-16H2,2H3,(H,23,24). The monoisotopic (exact) mass is 429 g/mol. The van der Waals surface area contributed by atoms with Gasteiger partial charge in [0.1, 0.15) is 0 Å². The van der Waals surface area contributed by atoms with Crippen LogP contribution in [-0.4, -0.2) is 72.5 Å². The zero-order chi connectivity index (χ0) is 22.2. The number of carbonyl (C=O) groups excluding carboxylic acids is 1. The third-order valence-electron chi connectivity index (χ3n) is 5.57. The van der Waals surface area contributed by atoms with Crippen LogP contribution < -0.4 is 5.32 Å². The van der Waals surface area contributed by atoms with Crippen molar-refractivity contribution in [3.05, 3.63) is 52.1 Å². The van der Waals surface area contributed by atoms with E-state index in [0.717, 1.165) is 43.0 Å². The highest BCUT2D eigenvalue weighted by molar-refractivity contribution is 5.82. The summed E-state index contributed by atoms with van der Waals surface area (Å²) in [7, 11) is 0. The normalized spacial score (nSPS) is 18.0. The average molecular weight is 430 g/mol. The van der Waals surface area contributed by atoms with Gasteiger partial charge in [-0.1, -0.05) is 24.3 Å². The minimum atomic E-state index is -0.407. The lowest BCUT2D eigenvalue weighted by Gasteiger charge is -2.36. The maximum absolute atomic E-state index is 12.8. The first-order chi connectivity index (χ1) is 14.9. The van der Waals surface area contributed by atoms with Gasteiger partial charge in [0.15, 0.2) is 5.96 Å². The fraction of sp³-hybridized carbons (Fsp3) is 0.545. The summed E-state index contributed by atoms with van der Waals surface area (Å²) in [6.45, 7) is 11.0. The minimum Gasteiger partial charge on any atom is -0.378 e. The van der Waals surface area contributed by atoms with Gasteiger partial charge in [0.2, 0.25) is 5.91 Å². The number of nitrogens with one attached hydrogen (secondary N) is 1. The van der Waals surface area contributed by atoms with E-state index in [1.165, 1.54) is 12.1 Å². The molecule has 0 atom stereocenters. The Kier molecular flexibility index (Phi) is 8.00. The van der Waals surface area contributed by atoms with Gasteiger partial charge in [0, 0.05) is 50.8 Å². The second-order valence-corrected chi connectivity index (χ2v) is 8.07. The van der Waals surface area contributed by atoms with Crippen LogP contribution in [0.5, 0.6) is 0 Å². The van der Waals surface area contributed by atoms with Crippen LogP contribution in [0.15, 0.2) is 41.4 Å². The molecule has 0 aliphatic carbocycles. The van der Waals surface area contributed by atoms with Crippen LogP contribution in [0, 0.1) is 16.0 Å². The molecular weight excluding hydrogens is 398 g/mol. The van der Waals surface area contributed by atoms with E-state index in [1.807, 2.05) is 11.8 Å². The van der Waals surface area contributed by atoms with Crippen molar-refractivity contribution < 1.29 is 14.5 Å². The number of hydrogen-bond donors (Lipinski definition) is 1.